The molecule has 4 rings (SSSR count). The Morgan fingerprint density at radius 3 is 2.27 bits per heavy atom. The molecule has 0 atom stereocenters. The second kappa shape index (κ2) is 6.26. The van der Waals surface area contributed by atoms with Crippen LogP contribution in [0.2, 0.25) is 0 Å². The quantitative estimate of drug-likeness (QED) is 0.660. The number of benzene rings is 3. The zero-order valence-corrected chi connectivity index (χ0v) is 14.8. The summed E-state index contributed by atoms with van der Waals surface area (Å²) in [6.07, 6.45) is 0. The van der Waals surface area contributed by atoms with Crippen LogP contribution in [0.3, 0.4) is 0 Å². The minimum atomic E-state index is -0.339. The lowest BCUT2D eigenvalue weighted by atomic mass is 9.89. The first-order valence-electron chi connectivity index (χ1n) is 8.20. The largest absolute Gasteiger partial charge is 0.496 e. The van der Waals surface area contributed by atoms with Crippen LogP contribution in [0.25, 0.3) is 21.9 Å². The zero-order valence-electron chi connectivity index (χ0n) is 14.8. The third-order valence-electron chi connectivity index (χ3n) is 4.69. The van der Waals surface area contributed by atoms with Crippen molar-refractivity contribution in [2.24, 2.45) is 0 Å². The van der Waals surface area contributed by atoms with Crippen molar-refractivity contribution in [3.05, 3.63) is 53.6 Å². The van der Waals surface area contributed by atoms with Gasteiger partial charge in [-0.1, -0.05) is 30.3 Å². The molecular formula is C21H18O5. The smallest absolute Gasteiger partial charge is 0.339 e. The van der Waals surface area contributed by atoms with Crippen LogP contribution in [-0.2, 0) is 11.3 Å². The van der Waals surface area contributed by atoms with E-state index in [4.69, 9.17) is 18.9 Å². The molecule has 0 radical (unpaired) electrons. The van der Waals surface area contributed by atoms with E-state index in [0.717, 1.165) is 27.5 Å². The van der Waals surface area contributed by atoms with E-state index in [1.807, 2.05) is 42.5 Å². The molecule has 0 unspecified atom stereocenters. The fraction of sp³-hybridized carbons (Fsp3) is 0.190. The van der Waals surface area contributed by atoms with Gasteiger partial charge in [-0.05, 0) is 23.1 Å². The van der Waals surface area contributed by atoms with Crippen LogP contribution in [0, 0.1) is 0 Å². The molecular weight excluding hydrogens is 332 g/mol. The number of ether oxygens (including phenoxy) is 4. The van der Waals surface area contributed by atoms with Crippen molar-refractivity contribution in [3.8, 4) is 28.4 Å². The standard InChI is InChI=1S/C21H18O5/c1-23-16-9-8-12(10-17(16)24-2)18-13-6-4-5-7-14(13)20(25-3)15-11-26-21(22)19(15)18/h4-10H,11H2,1-3H3. The van der Waals surface area contributed by atoms with Gasteiger partial charge in [0.25, 0.3) is 0 Å². The summed E-state index contributed by atoms with van der Waals surface area (Å²) in [5.41, 5.74) is 3.00. The average Bonchev–Trinajstić information content (AvgIpc) is 3.06. The molecule has 132 valence electrons. The third-order valence-corrected chi connectivity index (χ3v) is 4.69. The molecule has 0 spiro atoms. The van der Waals surface area contributed by atoms with E-state index in [2.05, 4.69) is 0 Å². The van der Waals surface area contributed by atoms with Crippen molar-refractivity contribution < 1.29 is 23.7 Å². The molecule has 0 aromatic heterocycles. The fourth-order valence-corrected chi connectivity index (χ4v) is 3.56. The molecule has 1 heterocycles. The Kier molecular flexibility index (Phi) is 3.92. The molecule has 0 fully saturated rings. The summed E-state index contributed by atoms with van der Waals surface area (Å²) in [4.78, 5) is 12.5. The van der Waals surface area contributed by atoms with Crippen LogP contribution < -0.4 is 14.2 Å². The predicted octanol–water partition coefficient (Wildman–Crippen LogP) is 4.20. The van der Waals surface area contributed by atoms with Gasteiger partial charge >= 0.3 is 5.97 Å². The minimum Gasteiger partial charge on any atom is -0.496 e. The lowest BCUT2D eigenvalue weighted by Crippen LogP contribution is -2.01. The number of carbonyl (C=O) groups is 1. The van der Waals surface area contributed by atoms with Crippen molar-refractivity contribution in [1.82, 2.24) is 0 Å². The molecule has 1 aliphatic heterocycles. The van der Waals surface area contributed by atoms with Gasteiger partial charge in [0.1, 0.15) is 12.4 Å². The van der Waals surface area contributed by atoms with Gasteiger partial charge < -0.3 is 18.9 Å². The molecule has 26 heavy (non-hydrogen) atoms. The SMILES string of the molecule is COc1ccc(-c2c3c(c(OC)c4ccccc24)COC3=O)cc1OC. The molecule has 0 bridgehead atoms. The highest BCUT2D eigenvalue weighted by atomic mass is 16.5. The summed E-state index contributed by atoms with van der Waals surface area (Å²) in [7, 11) is 4.79. The molecule has 3 aromatic rings. The second-order valence-corrected chi connectivity index (χ2v) is 5.95. The van der Waals surface area contributed by atoms with E-state index in [9.17, 15) is 4.79 Å². The van der Waals surface area contributed by atoms with Crippen molar-refractivity contribution in [2.75, 3.05) is 21.3 Å². The number of rotatable bonds is 4. The van der Waals surface area contributed by atoms with Gasteiger partial charge in [-0.15, -0.1) is 0 Å². The summed E-state index contributed by atoms with van der Waals surface area (Å²) in [6, 6.07) is 13.5. The summed E-state index contributed by atoms with van der Waals surface area (Å²) >= 11 is 0. The monoisotopic (exact) mass is 350 g/mol. The molecule has 0 amide bonds. The van der Waals surface area contributed by atoms with E-state index in [-0.39, 0.29) is 12.6 Å². The maximum atomic E-state index is 12.5. The summed E-state index contributed by atoms with van der Waals surface area (Å²) in [6.45, 7) is 0.211. The number of methoxy groups -OCH3 is 3. The number of hydrogen-bond acceptors (Lipinski definition) is 5. The highest BCUT2D eigenvalue weighted by Gasteiger charge is 2.31. The first-order chi connectivity index (χ1) is 12.7. The van der Waals surface area contributed by atoms with E-state index in [1.54, 1.807) is 21.3 Å². The molecule has 0 saturated carbocycles. The summed E-state index contributed by atoms with van der Waals surface area (Å²) < 4.78 is 21.7. The van der Waals surface area contributed by atoms with Crippen LogP contribution in [0.15, 0.2) is 42.5 Å². The highest BCUT2D eigenvalue weighted by Crippen LogP contribution is 2.45. The molecule has 5 heteroatoms. The van der Waals surface area contributed by atoms with Crippen molar-refractivity contribution in [3.63, 3.8) is 0 Å². The Morgan fingerprint density at radius 1 is 0.846 bits per heavy atom. The lowest BCUT2D eigenvalue weighted by molar-refractivity contribution is 0.0535. The predicted molar refractivity (Wildman–Crippen MR) is 98.2 cm³/mol. The van der Waals surface area contributed by atoms with E-state index >= 15 is 0 Å². The Bertz CT molecular complexity index is 1020. The maximum absolute atomic E-state index is 12.5. The summed E-state index contributed by atoms with van der Waals surface area (Å²) in [5.74, 6) is 1.58. The van der Waals surface area contributed by atoms with Gasteiger partial charge in [-0.25, -0.2) is 4.79 Å². The Morgan fingerprint density at radius 2 is 1.58 bits per heavy atom. The van der Waals surface area contributed by atoms with Crippen LogP contribution in [0.5, 0.6) is 17.2 Å². The number of fused-ring (bicyclic) bond motifs is 2. The molecule has 0 saturated heterocycles. The topological polar surface area (TPSA) is 54.0 Å². The van der Waals surface area contributed by atoms with Crippen molar-refractivity contribution >= 4 is 16.7 Å². The molecule has 0 aliphatic carbocycles. The molecule has 3 aromatic carbocycles. The first-order valence-corrected chi connectivity index (χ1v) is 8.20. The van der Waals surface area contributed by atoms with Gasteiger partial charge in [0.15, 0.2) is 11.5 Å². The summed E-state index contributed by atoms with van der Waals surface area (Å²) in [5, 5.41) is 1.87. The number of esters is 1. The highest BCUT2D eigenvalue weighted by molar-refractivity contribution is 6.13. The van der Waals surface area contributed by atoms with E-state index in [0.29, 0.717) is 22.8 Å². The number of cyclic esters (lactones) is 1. The van der Waals surface area contributed by atoms with Gasteiger partial charge in [-0.3, -0.25) is 0 Å². The lowest BCUT2D eigenvalue weighted by Gasteiger charge is -2.16. The minimum absolute atomic E-state index is 0.211. The third kappa shape index (κ3) is 2.28. The Labute approximate surface area is 151 Å². The van der Waals surface area contributed by atoms with E-state index in [1.165, 1.54) is 0 Å². The van der Waals surface area contributed by atoms with Crippen molar-refractivity contribution in [1.29, 1.82) is 0 Å². The molecule has 1 aliphatic rings. The van der Waals surface area contributed by atoms with Gasteiger partial charge in [0.2, 0.25) is 0 Å². The normalized spacial score (nSPS) is 12.7. The Hall–Kier alpha value is -3.21. The average molecular weight is 350 g/mol. The van der Waals surface area contributed by atoms with Crippen molar-refractivity contribution in [2.45, 2.75) is 6.61 Å². The zero-order chi connectivity index (χ0) is 18.3. The number of hydrogen-bond donors (Lipinski definition) is 0. The fourth-order valence-electron chi connectivity index (χ4n) is 3.56. The van der Waals surface area contributed by atoms with Gasteiger partial charge in [0, 0.05) is 16.5 Å². The maximum Gasteiger partial charge on any atom is 0.339 e. The van der Waals surface area contributed by atoms with Crippen LogP contribution in [0.4, 0.5) is 0 Å². The van der Waals surface area contributed by atoms with Crippen LogP contribution in [-0.4, -0.2) is 27.3 Å². The second-order valence-electron chi connectivity index (χ2n) is 5.95. The number of carbonyl (C=O) groups excluding carboxylic acids is 1. The first kappa shape index (κ1) is 16.3. The molecule has 5 nitrogen and oxygen atoms in total. The van der Waals surface area contributed by atoms with E-state index < -0.39 is 0 Å². The van der Waals surface area contributed by atoms with Gasteiger partial charge in [-0.2, -0.15) is 0 Å². The molecule has 0 N–H and O–H groups in total. The van der Waals surface area contributed by atoms with Gasteiger partial charge in [0.05, 0.1) is 26.9 Å². The van der Waals surface area contributed by atoms with Crippen LogP contribution >= 0.6 is 0 Å². The van der Waals surface area contributed by atoms with Crippen LogP contribution in [0.1, 0.15) is 15.9 Å². The Balaban J connectivity index is 2.11.